The lowest BCUT2D eigenvalue weighted by Gasteiger charge is -1.96. The van der Waals surface area contributed by atoms with Crippen LogP contribution in [0.5, 0.6) is 0 Å². The summed E-state index contributed by atoms with van der Waals surface area (Å²) in [6, 6.07) is 2.65. The van der Waals surface area contributed by atoms with Gasteiger partial charge >= 0.3 is 5.69 Å². The fourth-order valence-corrected chi connectivity index (χ4v) is 1.06. The van der Waals surface area contributed by atoms with Gasteiger partial charge in [0.15, 0.2) is 5.69 Å². The minimum Gasteiger partial charge on any atom is -0.258 e. The van der Waals surface area contributed by atoms with E-state index in [2.05, 4.69) is 4.98 Å². The first-order valence-electron chi connectivity index (χ1n) is 2.96. The number of pyridine rings is 1. The van der Waals surface area contributed by atoms with Gasteiger partial charge in [0.1, 0.15) is 6.07 Å². The number of rotatable bonds is 1. The molecule has 0 aromatic carbocycles. The zero-order chi connectivity index (χ0) is 10.0. The molecule has 0 radical (unpaired) electrons. The van der Waals surface area contributed by atoms with E-state index in [1.807, 2.05) is 0 Å². The van der Waals surface area contributed by atoms with E-state index in [0.29, 0.717) is 0 Å². The van der Waals surface area contributed by atoms with Gasteiger partial charge in [0.05, 0.1) is 9.95 Å². The van der Waals surface area contributed by atoms with E-state index in [9.17, 15) is 10.1 Å². The van der Waals surface area contributed by atoms with E-state index in [-0.39, 0.29) is 15.9 Å². The molecule has 0 spiro atoms. The van der Waals surface area contributed by atoms with Gasteiger partial charge in [-0.3, -0.25) is 10.1 Å². The number of aromatic nitrogens is 1. The molecular formula is C6HCl2N3O2. The van der Waals surface area contributed by atoms with Gasteiger partial charge in [-0.1, -0.05) is 23.2 Å². The molecule has 1 aromatic rings. The Labute approximate surface area is 82.7 Å². The number of hydrogen-bond donors (Lipinski definition) is 0. The van der Waals surface area contributed by atoms with E-state index in [0.717, 1.165) is 6.07 Å². The van der Waals surface area contributed by atoms with Crippen molar-refractivity contribution in [3.05, 3.63) is 32.1 Å². The third-order valence-corrected chi connectivity index (χ3v) is 1.78. The predicted octanol–water partition coefficient (Wildman–Crippen LogP) is 2.17. The number of nitro groups is 1. The summed E-state index contributed by atoms with van der Waals surface area (Å²) in [7, 11) is 0. The SMILES string of the molecule is N#Cc1nc(Cl)c([N+](=O)[O-])cc1Cl. The molecule has 0 fully saturated rings. The van der Waals surface area contributed by atoms with Crippen molar-refractivity contribution in [2.75, 3.05) is 0 Å². The van der Waals surface area contributed by atoms with Crippen molar-refractivity contribution >= 4 is 28.9 Å². The Morgan fingerprint density at radius 3 is 2.69 bits per heavy atom. The van der Waals surface area contributed by atoms with Gasteiger partial charge in [-0.2, -0.15) is 5.26 Å². The molecule has 0 unspecified atom stereocenters. The second-order valence-electron chi connectivity index (χ2n) is 2.00. The van der Waals surface area contributed by atoms with Crippen molar-refractivity contribution in [3.63, 3.8) is 0 Å². The standard InChI is InChI=1S/C6HCl2N3O2/c7-3-1-5(11(12)13)6(8)10-4(3)2-9/h1H. The van der Waals surface area contributed by atoms with Gasteiger partial charge in [0, 0.05) is 6.07 Å². The van der Waals surface area contributed by atoms with Crippen LogP contribution >= 0.6 is 23.2 Å². The molecule has 0 amide bonds. The highest BCUT2D eigenvalue weighted by Crippen LogP contribution is 2.27. The van der Waals surface area contributed by atoms with E-state index in [1.165, 1.54) is 0 Å². The van der Waals surface area contributed by atoms with Crippen LogP contribution in [0.25, 0.3) is 0 Å². The third kappa shape index (κ3) is 1.86. The van der Waals surface area contributed by atoms with Crippen LogP contribution in [0.3, 0.4) is 0 Å². The summed E-state index contributed by atoms with van der Waals surface area (Å²) < 4.78 is 0. The number of halogens is 2. The lowest BCUT2D eigenvalue weighted by molar-refractivity contribution is -0.385. The summed E-state index contributed by atoms with van der Waals surface area (Å²) in [4.78, 5) is 13.0. The summed E-state index contributed by atoms with van der Waals surface area (Å²) in [5.74, 6) is 0. The van der Waals surface area contributed by atoms with Crippen molar-refractivity contribution in [2.24, 2.45) is 0 Å². The van der Waals surface area contributed by atoms with Gasteiger partial charge in [-0.25, -0.2) is 4.98 Å². The third-order valence-electron chi connectivity index (χ3n) is 1.21. The fraction of sp³-hybridized carbons (Fsp3) is 0. The highest BCUT2D eigenvalue weighted by molar-refractivity contribution is 6.34. The average molecular weight is 218 g/mol. The van der Waals surface area contributed by atoms with Gasteiger partial charge in [-0.15, -0.1) is 0 Å². The number of hydrogen-bond acceptors (Lipinski definition) is 4. The molecule has 66 valence electrons. The molecule has 7 heteroatoms. The Bertz CT molecular complexity index is 413. The zero-order valence-electron chi connectivity index (χ0n) is 5.99. The Hall–Kier alpha value is -1.38. The second-order valence-corrected chi connectivity index (χ2v) is 2.76. The molecule has 1 heterocycles. The summed E-state index contributed by atoms with van der Waals surface area (Å²) >= 11 is 10.9. The van der Waals surface area contributed by atoms with Crippen molar-refractivity contribution in [2.45, 2.75) is 0 Å². The molecule has 5 nitrogen and oxygen atoms in total. The van der Waals surface area contributed by atoms with Crippen molar-refractivity contribution in [1.29, 1.82) is 5.26 Å². The van der Waals surface area contributed by atoms with Crippen LogP contribution < -0.4 is 0 Å². The zero-order valence-corrected chi connectivity index (χ0v) is 7.50. The average Bonchev–Trinajstić information content (AvgIpc) is 2.07. The van der Waals surface area contributed by atoms with Crippen LogP contribution in [-0.2, 0) is 0 Å². The molecule has 1 aromatic heterocycles. The fourth-order valence-electron chi connectivity index (χ4n) is 0.663. The molecule has 0 N–H and O–H groups in total. The monoisotopic (exact) mass is 217 g/mol. The number of nitriles is 1. The minimum absolute atomic E-state index is 0.0846. The van der Waals surface area contributed by atoms with Crippen LogP contribution in [0.1, 0.15) is 5.69 Å². The van der Waals surface area contributed by atoms with Crippen molar-refractivity contribution in [1.82, 2.24) is 4.98 Å². The second kappa shape index (κ2) is 3.56. The maximum absolute atomic E-state index is 10.3. The summed E-state index contributed by atoms with van der Waals surface area (Å²) in [6.07, 6.45) is 0. The van der Waals surface area contributed by atoms with E-state index >= 15 is 0 Å². The molecular weight excluding hydrogens is 217 g/mol. The normalized spacial score (nSPS) is 9.31. The largest absolute Gasteiger partial charge is 0.308 e. The quantitative estimate of drug-likeness (QED) is 0.411. The molecule has 0 aliphatic carbocycles. The van der Waals surface area contributed by atoms with Crippen molar-refractivity contribution < 1.29 is 4.92 Å². The molecule has 0 aliphatic rings. The lowest BCUT2D eigenvalue weighted by Crippen LogP contribution is -1.94. The van der Waals surface area contributed by atoms with Crippen LogP contribution in [0.2, 0.25) is 10.2 Å². The van der Waals surface area contributed by atoms with Crippen LogP contribution in [-0.4, -0.2) is 9.91 Å². The summed E-state index contributed by atoms with van der Waals surface area (Å²) in [6.45, 7) is 0. The topological polar surface area (TPSA) is 79.8 Å². The van der Waals surface area contributed by atoms with Gasteiger partial charge in [0.2, 0.25) is 5.15 Å². The summed E-state index contributed by atoms with van der Waals surface area (Å²) in [5.41, 5.74) is -0.539. The van der Waals surface area contributed by atoms with Crippen molar-refractivity contribution in [3.8, 4) is 6.07 Å². The molecule has 1 rings (SSSR count). The van der Waals surface area contributed by atoms with E-state index < -0.39 is 10.6 Å². The Morgan fingerprint density at radius 1 is 1.62 bits per heavy atom. The highest BCUT2D eigenvalue weighted by Gasteiger charge is 2.17. The van der Waals surface area contributed by atoms with E-state index in [4.69, 9.17) is 28.5 Å². The number of nitrogens with zero attached hydrogens (tertiary/aromatic N) is 3. The first-order valence-corrected chi connectivity index (χ1v) is 3.72. The molecule has 13 heavy (non-hydrogen) atoms. The first-order chi connectivity index (χ1) is 6.06. The van der Waals surface area contributed by atoms with Crippen LogP contribution in [0.4, 0.5) is 5.69 Å². The molecule has 0 bridgehead atoms. The Kier molecular flexibility index (Phi) is 2.66. The highest BCUT2D eigenvalue weighted by atomic mass is 35.5. The molecule has 0 aliphatic heterocycles. The maximum Gasteiger partial charge on any atom is 0.308 e. The maximum atomic E-state index is 10.3. The van der Waals surface area contributed by atoms with Gasteiger partial charge in [-0.05, 0) is 0 Å². The predicted molar refractivity (Wildman–Crippen MR) is 45.6 cm³/mol. The first kappa shape index (κ1) is 9.71. The Morgan fingerprint density at radius 2 is 2.23 bits per heavy atom. The Balaban J connectivity index is 3.39. The van der Waals surface area contributed by atoms with Gasteiger partial charge in [0.25, 0.3) is 0 Å². The minimum atomic E-state index is -0.720. The molecule has 0 saturated heterocycles. The van der Waals surface area contributed by atoms with Gasteiger partial charge < -0.3 is 0 Å². The van der Waals surface area contributed by atoms with E-state index in [1.54, 1.807) is 6.07 Å². The lowest BCUT2D eigenvalue weighted by atomic mass is 10.3. The van der Waals surface area contributed by atoms with Crippen LogP contribution in [0, 0.1) is 21.4 Å². The molecule has 0 saturated carbocycles. The summed E-state index contributed by atoms with van der Waals surface area (Å²) in [5, 5.41) is 18.3. The van der Waals surface area contributed by atoms with Crippen LogP contribution in [0.15, 0.2) is 6.07 Å². The molecule has 0 atom stereocenters. The smallest absolute Gasteiger partial charge is 0.258 e.